The van der Waals surface area contributed by atoms with Gasteiger partial charge in [0.1, 0.15) is 22.8 Å². The summed E-state index contributed by atoms with van der Waals surface area (Å²) in [5.74, 6) is -6.41. The Labute approximate surface area is 202 Å². The van der Waals surface area contributed by atoms with E-state index in [1.165, 1.54) is 11.0 Å². The van der Waals surface area contributed by atoms with Crippen LogP contribution >= 0.6 is 0 Å². The number of benzene rings is 1. The molecule has 1 fully saturated rings. The topological polar surface area (TPSA) is 173 Å². The van der Waals surface area contributed by atoms with Gasteiger partial charge in [-0.2, -0.15) is 0 Å². The fraction of sp³-hybridized carbons (Fsp3) is 0.480. The van der Waals surface area contributed by atoms with E-state index in [9.17, 15) is 34.8 Å². The highest BCUT2D eigenvalue weighted by Crippen LogP contribution is 2.52. The van der Waals surface area contributed by atoms with Gasteiger partial charge in [-0.25, -0.2) is 0 Å². The van der Waals surface area contributed by atoms with Crippen LogP contribution in [0.25, 0.3) is 5.76 Å². The van der Waals surface area contributed by atoms with Gasteiger partial charge in [-0.1, -0.05) is 6.07 Å². The highest BCUT2D eigenvalue weighted by molar-refractivity contribution is 6.24. The number of aromatic hydroxyl groups is 1. The van der Waals surface area contributed by atoms with E-state index < -0.39 is 58.0 Å². The number of Topliss-reactive ketones (excluding diaryl/α,β-unsaturated/α-hetero) is 2. The lowest BCUT2D eigenvalue weighted by Crippen LogP contribution is -2.65. The predicted molar refractivity (Wildman–Crippen MR) is 126 cm³/mol. The van der Waals surface area contributed by atoms with E-state index in [1.54, 1.807) is 20.2 Å². The molecule has 0 unspecified atom stereocenters. The van der Waals surface area contributed by atoms with Crippen LogP contribution < -0.4 is 11.1 Å². The van der Waals surface area contributed by atoms with Crippen LogP contribution in [0.4, 0.5) is 0 Å². The zero-order valence-electron chi connectivity index (χ0n) is 20.0. The van der Waals surface area contributed by atoms with Crippen LogP contribution in [-0.2, 0) is 27.2 Å². The molecule has 4 atom stereocenters. The van der Waals surface area contributed by atoms with Crippen LogP contribution in [0.15, 0.2) is 29.0 Å². The zero-order valence-corrected chi connectivity index (χ0v) is 20.0. The molecule has 1 aromatic carbocycles. The zero-order chi connectivity index (χ0) is 25.8. The number of carbonyl (C=O) groups excluding carboxylic acids is 3. The third-order valence-corrected chi connectivity index (χ3v) is 7.57. The van der Waals surface area contributed by atoms with Gasteiger partial charge in [0.25, 0.3) is 5.91 Å². The minimum absolute atomic E-state index is 0.0807. The number of likely N-dealkylation sites (N-methyl/N-ethyl adjacent to an activating group) is 1. The van der Waals surface area contributed by atoms with Crippen molar-refractivity contribution in [1.82, 2.24) is 10.2 Å². The fourth-order valence-electron chi connectivity index (χ4n) is 6.00. The average molecular weight is 486 g/mol. The lowest BCUT2D eigenvalue weighted by molar-refractivity contribution is -0.153. The Balaban J connectivity index is 1.91. The maximum absolute atomic E-state index is 13.8. The molecule has 7 N–H and O–H groups in total. The Hall–Kier alpha value is -3.21. The monoisotopic (exact) mass is 485 g/mol. The molecule has 1 aromatic rings. The Morgan fingerprint density at radius 3 is 2.51 bits per heavy atom. The van der Waals surface area contributed by atoms with Crippen molar-refractivity contribution in [2.24, 2.45) is 17.6 Å². The number of phenols is 1. The molecule has 10 nitrogen and oxygen atoms in total. The molecule has 188 valence electrons. The predicted octanol–water partition coefficient (Wildman–Crippen LogP) is 0.116. The Kier molecular flexibility index (Phi) is 6.25. The van der Waals surface area contributed by atoms with Crippen molar-refractivity contribution in [2.45, 2.75) is 37.3 Å². The maximum Gasteiger partial charge on any atom is 0.255 e. The molecule has 10 heteroatoms. The van der Waals surface area contributed by atoms with Crippen LogP contribution in [-0.4, -0.2) is 82.1 Å². The Bertz CT molecular complexity index is 1190. The van der Waals surface area contributed by atoms with Crippen molar-refractivity contribution in [1.29, 1.82) is 0 Å². The summed E-state index contributed by atoms with van der Waals surface area (Å²) in [7, 11) is 5.00. The van der Waals surface area contributed by atoms with Crippen LogP contribution in [0.1, 0.15) is 29.5 Å². The molecule has 0 aliphatic heterocycles. The van der Waals surface area contributed by atoms with E-state index in [2.05, 4.69) is 5.32 Å². The van der Waals surface area contributed by atoms with Gasteiger partial charge < -0.3 is 31.5 Å². The summed E-state index contributed by atoms with van der Waals surface area (Å²) in [6.07, 6.45) is 1.89. The summed E-state index contributed by atoms with van der Waals surface area (Å²) in [4.78, 5) is 40.4. The number of hydrogen-bond acceptors (Lipinski definition) is 9. The molecular formula is C25H31N3O7. The molecule has 0 aromatic heterocycles. The Morgan fingerprint density at radius 1 is 1.23 bits per heavy atom. The first-order chi connectivity index (χ1) is 16.5. The normalized spacial score (nSPS) is 28.2. The largest absolute Gasteiger partial charge is 0.508 e. The smallest absolute Gasteiger partial charge is 0.255 e. The third-order valence-electron chi connectivity index (χ3n) is 7.57. The highest BCUT2D eigenvalue weighted by Gasteiger charge is 2.64. The molecule has 4 rings (SSSR count). The number of nitrogens with one attached hydrogen (secondary N) is 1. The number of ketones is 2. The number of aliphatic hydroxyl groups excluding tert-OH is 2. The van der Waals surface area contributed by atoms with Crippen molar-refractivity contribution in [2.75, 3.05) is 27.7 Å². The summed E-state index contributed by atoms with van der Waals surface area (Å²) >= 11 is 0. The number of carbonyl (C=O) groups is 3. The number of fused-ring (bicyclic) bond motifs is 3. The standard InChI is InChI=1S/C25H31N3O7/c1-27-8-4-5-11-6-7-15(29)17-13(11)9-12-10-14-19(28(2)3)21(31)18(24(26)34)23(33)25(14,35)22(32)16(12)20(17)30/h6-7,12,14,19,27,29-30,33,35H,4-5,8-10H2,1-3H3,(H2,26,34)/t12-,14-,19-,25-/m0/s1. The molecule has 0 heterocycles. The average Bonchev–Trinajstić information content (AvgIpc) is 2.77. The van der Waals surface area contributed by atoms with Gasteiger partial charge in [0.15, 0.2) is 11.4 Å². The minimum Gasteiger partial charge on any atom is -0.508 e. The first-order valence-corrected chi connectivity index (χ1v) is 11.6. The van der Waals surface area contributed by atoms with Crippen molar-refractivity contribution >= 4 is 23.2 Å². The molecule has 35 heavy (non-hydrogen) atoms. The molecule has 0 radical (unpaired) electrons. The molecule has 0 spiro atoms. The summed E-state index contributed by atoms with van der Waals surface area (Å²) < 4.78 is 0. The number of aliphatic hydroxyl groups is 3. The molecule has 3 aliphatic rings. The van der Waals surface area contributed by atoms with Crippen LogP contribution in [0, 0.1) is 11.8 Å². The quantitative estimate of drug-likeness (QED) is 0.241. The number of amides is 1. The Morgan fingerprint density at radius 2 is 1.91 bits per heavy atom. The second-order valence-electron chi connectivity index (χ2n) is 9.77. The molecule has 3 aliphatic carbocycles. The van der Waals surface area contributed by atoms with Gasteiger partial charge in [-0.05, 0) is 76.5 Å². The first-order valence-electron chi connectivity index (χ1n) is 11.6. The number of aryl methyl sites for hydroxylation is 1. The second-order valence-corrected chi connectivity index (χ2v) is 9.77. The van der Waals surface area contributed by atoms with Gasteiger partial charge in [-0.3, -0.25) is 19.3 Å². The molecule has 1 saturated carbocycles. The van der Waals surface area contributed by atoms with E-state index in [0.717, 1.165) is 18.5 Å². The van der Waals surface area contributed by atoms with Crippen molar-refractivity contribution < 1.29 is 34.8 Å². The number of phenolic OH excluding ortho intramolecular Hbond substituents is 1. The van der Waals surface area contributed by atoms with Crippen molar-refractivity contribution in [3.63, 3.8) is 0 Å². The van der Waals surface area contributed by atoms with Crippen molar-refractivity contribution in [3.05, 3.63) is 45.7 Å². The van der Waals surface area contributed by atoms with Crippen LogP contribution in [0.5, 0.6) is 5.75 Å². The highest BCUT2D eigenvalue weighted by atomic mass is 16.3. The van der Waals surface area contributed by atoms with Gasteiger partial charge in [0.05, 0.1) is 11.6 Å². The van der Waals surface area contributed by atoms with Crippen LogP contribution in [0.2, 0.25) is 0 Å². The minimum atomic E-state index is -2.62. The molecule has 0 bridgehead atoms. The summed E-state index contributed by atoms with van der Waals surface area (Å²) in [6, 6.07) is 2.16. The summed E-state index contributed by atoms with van der Waals surface area (Å²) in [5.41, 5.74) is 3.52. The maximum atomic E-state index is 13.8. The first kappa shape index (κ1) is 24.9. The molecule has 0 saturated heterocycles. The number of rotatable bonds is 6. The fourth-order valence-corrected chi connectivity index (χ4v) is 6.00. The molecular weight excluding hydrogens is 454 g/mol. The summed E-state index contributed by atoms with van der Waals surface area (Å²) in [6.45, 7) is 0.778. The van der Waals surface area contributed by atoms with Crippen molar-refractivity contribution in [3.8, 4) is 5.75 Å². The van der Waals surface area contributed by atoms with Gasteiger partial charge in [0.2, 0.25) is 5.78 Å². The van der Waals surface area contributed by atoms with E-state index >= 15 is 0 Å². The number of hydrogen-bond donors (Lipinski definition) is 6. The van der Waals surface area contributed by atoms with Gasteiger partial charge in [-0.15, -0.1) is 0 Å². The van der Waals surface area contributed by atoms with E-state index in [4.69, 9.17) is 5.73 Å². The van der Waals surface area contributed by atoms with E-state index in [-0.39, 0.29) is 23.3 Å². The number of primary amides is 1. The number of nitrogens with zero attached hydrogens (tertiary/aromatic N) is 1. The van der Waals surface area contributed by atoms with Crippen LogP contribution in [0.3, 0.4) is 0 Å². The van der Waals surface area contributed by atoms with Gasteiger partial charge in [0, 0.05) is 11.5 Å². The van der Waals surface area contributed by atoms with Gasteiger partial charge >= 0.3 is 0 Å². The third kappa shape index (κ3) is 3.55. The second kappa shape index (κ2) is 8.78. The lowest BCUT2D eigenvalue weighted by atomic mass is 9.57. The number of nitrogens with two attached hydrogens (primary N) is 1. The van der Waals surface area contributed by atoms with E-state index in [0.29, 0.717) is 18.4 Å². The molecule has 1 amide bonds. The van der Waals surface area contributed by atoms with E-state index in [1.807, 2.05) is 7.05 Å². The SMILES string of the molecule is CNCCCc1ccc(O)c2c1C[C@H]1C[C@H]3[C@H](N(C)C)C(=O)C(C(N)=O)=C(O)[C@@]3(O)C(=O)C1=C2O. The lowest BCUT2D eigenvalue weighted by Gasteiger charge is -2.50. The summed E-state index contributed by atoms with van der Waals surface area (Å²) in [5, 5.41) is 47.3.